The van der Waals surface area contributed by atoms with E-state index in [1.807, 2.05) is 54.6 Å². The molecule has 0 aliphatic rings. The summed E-state index contributed by atoms with van der Waals surface area (Å²) < 4.78 is 22.4. The maximum absolute atomic E-state index is 12.2. The number of amides is 2. The minimum atomic E-state index is -0.524. The number of anilines is 2. The lowest BCUT2D eigenvalue weighted by atomic mass is 10.1. The Bertz CT molecular complexity index is 1100. The molecule has 0 atom stereocenters. The van der Waals surface area contributed by atoms with Crippen molar-refractivity contribution in [3.8, 4) is 11.5 Å². The van der Waals surface area contributed by atoms with Crippen LogP contribution >= 0.6 is 0 Å². The van der Waals surface area contributed by atoms with Crippen molar-refractivity contribution in [1.82, 2.24) is 4.90 Å². The number of para-hydroxylation sites is 3. The van der Waals surface area contributed by atoms with Crippen LogP contribution < -0.4 is 20.1 Å². The number of rotatable bonds is 16. The Hall–Kier alpha value is -4.24. The molecule has 0 aromatic heterocycles. The lowest BCUT2D eigenvalue weighted by Gasteiger charge is -2.23. The molecular formula is C31H39N3O6. The van der Waals surface area contributed by atoms with Crippen molar-refractivity contribution < 1.29 is 28.5 Å². The molecule has 0 radical (unpaired) electrons. The van der Waals surface area contributed by atoms with Crippen molar-refractivity contribution in [2.24, 2.45) is 0 Å². The van der Waals surface area contributed by atoms with E-state index < -0.39 is 12.2 Å². The van der Waals surface area contributed by atoms with E-state index >= 15 is 0 Å². The van der Waals surface area contributed by atoms with Crippen LogP contribution in [0.2, 0.25) is 0 Å². The maximum atomic E-state index is 12.2. The van der Waals surface area contributed by atoms with Crippen molar-refractivity contribution in [3.05, 3.63) is 84.4 Å². The van der Waals surface area contributed by atoms with Gasteiger partial charge in [-0.2, -0.15) is 0 Å². The van der Waals surface area contributed by atoms with Gasteiger partial charge in [0.25, 0.3) is 0 Å². The molecule has 214 valence electrons. The third-order valence-corrected chi connectivity index (χ3v) is 6.04. The molecule has 0 heterocycles. The van der Waals surface area contributed by atoms with Crippen LogP contribution in [0.3, 0.4) is 0 Å². The highest BCUT2D eigenvalue weighted by molar-refractivity contribution is 5.84. The van der Waals surface area contributed by atoms with Crippen molar-refractivity contribution in [2.45, 2.75) is 26.2 Å². The van der Waals surface area contributed by atoms with Crippen molar-refractivity contribution >= 4 is 23.6 Å². The smallest absolute Gasteiger partial charge is 0.411 e. The van der Waals surface area contributed by atoms with Crippen LogP contribution in [0.15, 0.2) is 78.9 Å². The number of methoxy groups -OCH3 is 1. The first-order chi connectivity index (χ1) is 19.6. The minimum Gasteiger partial charge on any atom is -0.493 e. The monoisotopic (exact) mass is 549 g/mol. The van der Waals surface area contributed by atoms with Gasteiger partial charge in [0.15, 0.2) is 11.5 Å². The Morgan fingerprint density at radius 2 is 1.30 bits per heavy atom. The van der Waals surface area contributed by atoms with Gasteiger partial charge in [0.05, 0.1) is 13.7 Å². The molecule has 40 heavy (non-hydrogen) atoms. The zero-order chi connectivity index (χ0) is 28.4. The summed E-state index contributed by atoms with van der Waals surface area (Å²) in [7, 11) is 1.63. The Balaban J connectivity index is 1.57. The normalized spacial score (nSPS) is 10.6. The summed E-state index contributed by atoms with van der Waals surface area (Å²) in [5.41, 5.74) is 2.34. The van der Waals surface area contributed by atoms with Crippen molar-refractivity contribution in [2.75, 3.05) is 57.2 Å². The lowest BCUT2D eigenvalue weighted by Crippen LogP contribution is -2.34. The second-order valence-corrected chi connectivity index (χ2v) is 9.00. The van der Waals surface area contributed by atoms with Crippen LogP contribution in [0.4, 0.5) is 21.0 Å². The third kappa shape index (κ3) is 10.9. The molecule has 0 fully saturated rings. The van der Waals surface area contributed by atoms with Crippen molar-refractivity contribution in [3.63, 3.8) is 0 Å². The van der Waals surface area contributed by atoms with E-state index in [2.05, 4.69) is 22.5 Å². The summed E-state index contributed by atoms with van der Waals surface area (Å²) in [4.78, 5) is 26.5. The second kappa shape index (κ2) is 17.4. The van der Waals surface area contributed by atoms with Gasteiger partial charge < -0.3 is 18.9 Å². The van der Waals surface area contributed by atoms with Crippen LogP contribution in [-0.4, -0.2) is 63.7 Å². The highest BCUT2D eigenvalue weighted by Crippen LogP contribution is 2.31. The molecule has 2 amide bonds. The Morgan fingerprint density at radius 1 is 0.725 bits per heavy atom. The zero-order valence-electron chi connectivity index (χ0n) is 23.3. The first kappa shape index (κ1) is 30.3. The van der Waals surface area contributed by atoms with Gasteiger partial charge in [-0.3, -0.25) is 15.5 Å². The number of unbranched alkanes of at least 4 members (excludes halogenated alkanes) is 1. The Morgan fingerprint density at radius 3 is 1.82 bits per heavy atom. The average molecular weight is 550 g/mol. The van der Waals surface area contributed by atoms with Gasteiger partial charge in [0, 0.05) is 31.0 Å². The summed E-state index contributed by atoms with van der Waals surface area (Å²) in [6.45, 7) is 4.63. The standard InChI is InChI=1S/C31H39N3O6/c1-3-4-22-38-29-25(12-11-17-28(29)37-2)18-19-34(20-23-39-30(35)32-26-13-7-5-8-14-26)21-24-40-31(36)33-27-15-9-6-10-16-27/h5-17H,3-4,18-24H2,1-2H3,(H,32,35)(H,33,36). The SMILES string of the molecule is CCCCOc1c(CCN(CCOC(=O)Nc2ccccc2)CCOC(=O)Nc2ccccc2)cccc1OC. The van der Waals surface area contributed by atoms with Gasteiger partial charge in [-0.15, -0.1) is 0 Å². The fourth-order valence-electron chi connectivity index (χ4n) is 3.90. The molecule has 0 aliphatic carbocycles. The molecule has 0 unspecified atom stereocenters. The number of carbonyl (C=O) groups excluding carboxylic acids is 2. The first-order valence-electron chi connectivity index (χ1n) is 13.6. The van der Waals surface area contributed by atoms with E-state index in [9.17, 15) is 9.59 Å². The molecular weight excluding hydrogens is 510 g/mol. The molecule has 9 heteroatoms. The van der Waals surface area contributed by atoms with Gasteiger partial charge >= 0.3 is 12.2 Å². The molecule has 0 bridgehead atoms. The summed E-state index contributed by atoms with van der Waals surface area (Å²) in [6, 6.07) is 24.1. The van der Waals surface area contributed by atoms with Gasteiger partial charge in [-0.05, 0) is 48.7 Å². The fourth-order valence-corrected chi connectivity index (χ4v) is 3.90. The zero-order valence-corrected chi connectivity index (χ0v) is 23.3. The molecule has 3 aromatic carbocycles. The van der Waals surface area contributed by atoms with Gasteiger partial charge in [-0.25, -0.2) is 9.59 Å². The maximum Gasteiger partial charge on any atom is 0.411 e. The second-order valence-electron chi connectivity index (χ2n) is 9.00. The molecule has 3 aromatic rings. The average Bonchev–Trinajstić information content (AvgIpc) is 2.97. The number of benzene rings is 3. The van der Waals surface area contributed by atoms with Gasteiger partial charge in [-0.1, -0.05) is 61.9 Å². The lowest BCUT2D eigenvalue weighted by molar-refractivity contribution is 0.118. The first-order valence-corrected chi connectivity index (χ1v) is 13.6. The number of nitrogens with one attached hydrogen (secondary N) is 2. The van der Waals surface area contributed by atoms with E-state index in [4.69, 9.17) is 18.9 Å². The molecule has 9 nitrogen and oxygen atoms in total. The number of carbonyl (C=O) groups is 2. The molecule has 0 aliphatic heterocycles. The van der Waals surface area contributed by atoms with Crippen LogP contribution in [0.5, 0.6) is 11.5 Å². The van der Waals surface area contributed by atoms with E-state index in [0.717, 1.165) is 24.2 Å². The number of ether oxygens (including phenoxy) is 4. The van der Waals surface area contributed by atoms with Crippen LogP contribution in [0.25, 0.3) is 0 Å². The van der Waals surface area contributed by atoms with E-state index in [0.29, 0.717) is 49.8 Å². The molecule has 0 saturated carbocycles. The summed E-state index contributed by atoms with van der Waals surface area (Å²) in [5.74, 6) is 1.44. The van der Waals surface area contributed by atoms with E-state index in [1.54, 1.807) is 31.4 Å². The molecule has 0 saturated heterocycles. The molecule has 3 rings (SSSR count). The molecule has 0 spiro atoms. The predicted molar refractivity (Wildman–Crippen MR) is 156 cm³/mol. The van der Waals surface area contributed by atoms with Crippen LogP contribution in [0, 0.1) is 0 Å². The fraction of sp³-hybridized carbons (Fsp3) is 0.355. The van der Waals surface area contributed by atoms with E-state index in [1.165, 1.54) is 0 Å². The van der Waals surface area contributed by atoms with E-state index in [-0.39, 0.29) is 13.2 Å². The summed E-state index contributed by atoms with van der Waals surface area (Å²) in [6.07, 6.45) is 1.61. The summed E-state index contributed by atoms with van der Waals surface area (Å²) in [5, 5.41) is 5.42. The van der Waals surface area contributed by atoms with Crippen molar-refractivity contribution in [1.29, 1.82) is 0 Å². The van der Waals surface area contributed by atoms with Crippen LogP contribution in [0.1, 0.15) is 25.3 Å². The highest BCUT2D eigenvalue weighted by atomic mass is 16.6. The number of nitrogens with zero attached hydrogens (tertiary/aromatic N) is 1. The topological polar surface area (TPSA) is 98.4 Å². The third-order valence-electron chi connectivity index (χ3n) is 6.04. The predicted octanol–water partition coefficient (Wildman–Crippen LogP) is 6.22. The Labute approximate surface area is 236 Å². The summed E-state index contributed by atoms with van der Waals surface area (Å²) >= 11 is 0. The highest BCUT2D eigenvalue weighted by Gasteiger charge is 2.14. The largest absolute Gasteiger partial charge is 0.493 e. The van der Waals surface area contributed by atoms with Crippen LogP contribution in [-0.2, 0) is 15.9 Å². The Kier molecular flexibility index (Phi) is 13.2. The minimum absolute atomic E-state index is 0.173. The molecule has 2 N–H and O–H groups in total. The van der Waals surface area contributed by atoms with Gasteiger partial charge in [0.2, 0.25) is 0 Å². The number of hydrogen-bond acceptors (Lipinski definition) is 7. The quantitative estimate of drug-likeness (QED) is 0.205. The van der Waals surface area contributed by atoms with Gasteiger partial charge in [0.1, 0.15) is 13.2 Å². The number of hydrogen-bond donors (Lipinski definition) is 2.